The molecule has 34 heavy (non-hydrogen) atoms. The summed E-state index contributed by atoms with van der Waals surface area (Å²) < 4.78 is 10.6. The summed E-state index contributed by atoms with van der Waals surface area (Å²) >= 11 is 0. The second-order valence-corrected chi connectivity index (χ2v) is 7.60. The lowest BCUT2D eigenvalue weighted by Gasteiger charge is -2.19. The predicted molar refractivity (Wildman–Crippen MR) is 140 cm³/mol. The Morgan fingerprint density at radius 2 is 1.71 bits per heavy atom. The van der Waals surface area contributed by atoms with E-state index in [0.29, 0.717) is 17.9 Å². The molecule has 5 heteroatoms. The Morgan fingerprint density at radius 3 is 2.35 bits per heavy atom. The van der Waals surface area contributed by atoms with Gasteiger partial charge in [0.2, 0.25) is 0 Å². The number of carbonyl (C=O) groups is 1. The van der Waals surface area contributed by atoms with Gasteiger partial charge in [0.25, 0.3) is 0 Å². The maximum absolute atomic E-state index is 11.7. The summed E-state index contributed by atoms with van der Waals surface area (Å²) in [6.45, 7) is 4.24. The fourth-order valence-corrected chi connectivity index (χ4v) is 3.88. The molecule has 174 valence electrons. The third-order valence-corrected chi connectivity index (χ3v) is 5.52. The number of hydrogen-bond donors (Lipinski definition) is 2. The average Bonchev–Trinajstić information content (AvgIpc) is 2.87. The van der Waals surface area contributed by atoms with E-state index < -0.39 is 0 Å². The first-order valence-corrected chi connectivity index (χ1v) is 11.2. The molecule has 0 radical (unpaired) electrons. The van der Waals surface area contributed by atoms with E-state index in [1.165, 1.54) is 12.3 Å². The number of carbonyl (C=O) groups excluding carboxylic acids is 1. The van der Waals surface area contributed by atoms with Crippen molar-refractivity contribution in [2.75, 3.05) is 19.5 Å². The van der Waals surface area contributed by atoms with Crippen molar-refractivity contribution >= 4 is 35.1 Å². The Morgan fingerprint density at radius 1 is 1.00 bits per heavy atom. The molecule has 3 rings (SSSR count). The number of nitrogens with two attached hydrogens (primary N) is 1. The highest BCUT2D eigenvalue weighted by atomic mass is 16.5. The topological polar surface area (TPSA) is 85.4 Å². The van der Waals surface area contributed by atoms with Gasteiger partial charge in [-0.15, -0.1) is 0 Å². The number of para-hydroxylation sites is 1. The SMILES string of the molecule is CCOC(=O)/C=C/c1ccc(/C(=C(/CC)c2ccccc2OC)c2ccc(N)c(C=N)c2)cc1. The van der Waals surface area contributed by atoms with Crippen LogP contribution in [-0.2, 0) is 9.53 Å². The van der Waals surface area contributed by atoms with Crippen molar-refractivity contribution in [3.63, 3.8) is 0 Å². The van der Waals surface area contributed by atoms with E-state index in [1.807, 2.05) is 60.7 Å². The molecule has 5 nitrogen and oxygen atoms in total. The lowest BCUT2D eigenvalue weighted by Crippen LogP contribution is -2.00. The molecule has 0 aliphatic rings. The number of allylic oxidation sites excluding steroid dienone is 1. The zero-order chi connectivity index (χ0) is 24.5. The number of nitrogen functional groups attached to an aromatic ring is 1. The van der Waals surface area contributed by atoms with Crippen LogP contribution in [0.5, 0.6) is 5.75 Å². The van der Waals surface area contributed by atoms with Gasteiger partial charge in [0, 0.05) is 29.1 Å². The van der Waals surface area contributed by atoms with E-state index >= 15 is 0 Å². The number of esters is 1. The van der Waals surface area contributed by atoms with Gasteiger partial charge in [0.15, 0.2) is 0 Å². The van der Waals surface area contributed by atoms with Crippen LogP contribution in [0.3, 0.4) is 0 Å². The minimum atomic E-state index is -0.363. The highest BCUT2D eigenvalue weighted by molar-refractivity contribution is 6.01. The van der Waals surface area contributed by atoms with Crippen molar-refractivity contribution in [3.8, 4) is 5.75 Å². The van der Waals surface area contributed by atoms with Crippen LogP contribution in [-0.4, -0.2) is 25.9 Å². The van der Waals surface area contributed by atoms with Crippen molar-refractivity contribution in [1.82, 2.24) is 0 Å². The predicted octanol–water partition coefficient (Wildman–Crippen LogP) is 6.22. The molecule has 0 spiro atoms. The van der Waals surface area contributed by atoms with E-state index in [1.54, 1.807) is 20.1 Å². The summed E-state index contributed by atoms with van der Waals surface area (Å²) in [6, 6.07) is 21.7. The van der Waals surface area contributed by atoms with Gasteiger partial charge in [-0.1, -0.05) is 55.5 Å². The van der Waals surface area contributed by atoms with E-state index in [-0.39, 0.29) is 5.97 Å². The van der Waals surface area contributed by atoms with E-state index in [4.69, 9.17) is 20.6 Å². The monoisotopic (exact) mass is 454 g/mol. The number of anilines is 1. The number of benzene rings is 3. The Kier molecular flexibility index (Phi) is 8.41. The van der Waals surface area contributed by atoms with E-state index in [0.717, 1.165) is 45.6 Å². The van der Waals surface area contributed by atoms with Crippen molar-refractivity contribution in [1.29, 1.82) is 5.41 Å². The summed E-state index contributed by atoms with van der Waals surface area (Å²) in [7, 11) is 1.67. The first-order chi connectivity index (χ1) is 16.5. The van der Waals surface area contributed by atoms with Gasteiger partial charge in [-0.3, -0.25) is 0 Å². The normalized spacial score (nSPS) is 11.7. The summed E-state index contributed by atoms with van der Waals surface area (Å²) in [5.74, 6) is 0.436. The van der Waals surface area contributed by atoms with Gasteiger partial charge < -0.3 is 20.6 Å². The van der Waals surface area contributed by atoms with E-state index in [9.17, 15) is 4.79 Å². The third-order valence-electron chi connectivity index (χ3n) is 5.52. The quantitative estimate of drug-likeness (QED) is 0.132. The van der Waals surface area contributed by atoms with Crippen LogP contribution in [0.25, 0.3) is 17.2 Å². The minimum absolute atomic E-state index is 0.346. The van der Waals surface area contributed by atoms with Crippen molar-refractivity contribution < 1.29 is 14.3 Å². The summed E-state index contributed by atoms with van der Waals surface area (Å²) in [5, 5.41) is 7.76. The zero-order valence-corrected chi connectivity index (χ0v) is 19.8. The molecule has 0 heterocycles. The van der Waals surface area contributed by atoms with Crippen LogP contribution < -0.4 is 10.5 Å². The van der Waals surface area contributed by atoms with Gasteiger partial charge in [-0.05, 0) is 65.5 Å². The Labute approximate surface area is 201 Å². The highest BCUT2D eigenvalue weighted by Gasteiger charge is 2.16. The summed E-state index contributed by atoms with van der Waals surface area (Å²) in [5.41, 5.74) is 13.3. The van der Waals surface area contributed by atoms with Crippen LogP contribution in [0.15, 0.2) is 72.8 Å². The number of rotatable bonds is 9. The molecule has 0 amide bonds. The minimum Gasteiger partial charge on any atom is -0.496 e. The van der Waals surface area contributed by atoms with Gasteiger partial charge in [-0.2, -0.15) is 0 Å². The molecule has 0 unspecified atom stereocenters. The molecule has 0 atom stereocenters. The lowest BCUT2D eigenvalue weighted by molar-refractivity contribution is -0.137. The zero-order valence-electron chi connectivity index (χ0n) is 19.8. The molecular formula is C29H30N2O3. The van der Waals surface area contributed by atoms with Crippen molar-refractivity contribution in [2.24, 2.45) is 0 Å². The standard InChI is InChI=1S/C29H30N2O3/c1-4-24(25-8-6-7-9-27(25)33-3)29(22-15-16-26(31)23(18-22)19-30)21-13-10-20(11-14-21)12-17-28(32)34-5-2/h6-19,30H,4-5,31H2,1-3H3/b17-12+,29-24+,30-19?. The molecule has 0 saturated heterocycles. The molecule has 3 N–H and O–H groups in total. The van der Waals surface area contributed by atoms with Crippen LogP contribution in [0.4, 0.5) is 5.69 Å². The van der Waals surface area contributed by atoms with Crippen LogP contribution in [0.1, 0.15) is 48.1 Å². The Bertz CT molecular complexity index is 1220. The summed E-state index contributed by atoms with van der Waals surface area (Å²) in [6.07, 6.45) is 5.21. The molecule has 3 aromatic rings. The molecular weight excluding hydrogens is 424 g/mol. The number of methoxy groups -OCH3 is 1. The smallest absolute Gasteiger partial charge is 0.330 e. The second-order valence-electron chi connectivity index (χ2n) is 7.60. The molecule has 0 saturated carbocycles. The molecule has 0 aromatic heterocycles. The Balaban J connectivity index is 2.19. The van der Waals surface area contributed by atoms with Crippen molar-refractivity contribution in [2.45, 2.75) is 20.3 Å². The first kappa shape index (κ1) is 24.5. The maximum atomic E-state index is 11.7. The second kappa shape index (κ2) is 11.7. The number of hydrogen-bond acceptors (Lipinski definition) is 5. The van der Waals surface area contributed by atoms with Crippen LogP contribution >= 0.6 is 0 Å². The van der Waals surface area contributed by atoms with Gasteiger partial charge in [-0.25, -0.2) is 4.79 Å². The number of nitrogens with one attached hydrogen (secondary N) is 1. The summed E-state index contributed by atoms with van der Waals surface area (Å²) in [4.78, 5) is 11.7. The molecule has 0 fully saturated rings. The fourth-order valence-electron chi connectivity index (χ4n) is 3.88. The van der Waals surface area contributed by atoms with E-state index in [2.05, 4.69) is 13.0 Å². The average molecular weight is 455 g/mol. The molecule has 0 aliphatic heterocycles. The Hall–Kier alpha value is -4.12. The van der Waals surface area contributed by atoms with Crippen LogP contribution in [0, 0.1) is 5.41 Å². The largest absolute Gasteiger partial charge is 0.496 e. The molecule has 0 aliphatic carbocycles. The molecule has 3 aromatic carbocycles. The van der Waals surface area contributed by atoms with Crippen molar-refractivity contribution in [3.05, 3.63) is 101 Å². The fraction of sp³-hybridized carbons (Fsp3) is 0.172. The maximum Gasteiger partial charge on any atom is 0.330 e. The van der Waals surface area contributed by atoms with Gasteiger partial charge in [0.1, 0.15) is 5.75 Å². The molecule has 0 bridgehead atoms. The highest BCUT2D eigenvalue weighted by Crippen LogP contribution is 2.38. The number of ether oxygens (including phenoxy) is 2. The van der Waals surface area contributed by atoms with Gasteiger partial charge in [0.05, 0.1) is 13.7 Å². The lowest BCUT2D eigenvalue weighted by atomic mass is 9.87. The third kappa shape index (κ3) is 5.62. The van der Waals surface area contributed by atoms with Crippen LogP contribution in [0.2, 0.25) is 0 Å². The first-order valence-electron chi connectivity index (χ1n) is 11.2. The van der Waals surface area contributed by atoms with Gasteiger partial charge >= 0.3 is 5.97 Å².